The van der Waals surface area contributed by atoms with Crippen molar-refractivity contribution < 1.29 is 0 Å². The lowest BCUT2D eigenvalue weighted by Gasteiger charge is -2.46. The molecule has 0 bridgehead atoms. The fraction of sp³-hybridized carbons (Fsp3) is 0.538. The van der Waals surface area contributed by atoms with Crippen LogP contribution in [0.4, 0.5) is 0 Å². The van der Waals surface area contributed by atoms with Crippen molar-refractivity contribution in [2.24, 2.45) is 5.73 Å². The van der Waals surface area contributed by atoms with E-state index in [0.717, 1.165) is 6.42 Å². The Morgan fingerprint density at radius 1 is 1.29 bits per heavy atom. The molecule has 1 fully saturated rings. The Kier molecular flexibility index (Phi) is 2.60. The van der Waals surface area contributed by atoms with Crippen molar-refractivity contribution in [1.82, 2.24) is 0 Å². The average Bonchev–Trinajstić information content (AvgIpc) is 2.17. The smallest absolute Gasteiger partial charge is 0.0134 e. The Morgan fingerprint density at radius 2 is 1.93 bits per heavy atom. The summed E-state index contributed by atoms with van der Waals surface area (Å²) in [4.78, 5) is 0. The molecule has 0 saturated heterocycles. The molecule has 0 aliphatic heterocycles. The molecule has 2 rings (SSSR count). The highest BCUT2D eigenvalue weighted by Crippen LogP contribution is 2.46. The largest absolute Gasteiger partial charge is 0.327 e. The molecule has 1 saturated carbocycles. The fourth-order valence-electron chi connectivity index (χ4n) is 2.59. The van der Waals surface area contributed by atoms with Gasteiger partial charge < -0.3 is 5.73 Å². The lowest BCUT2D eigenvalue weighted by atomic mass is 9.60. The number of nitrogens with two attached hydrogens (primary N) is 1. The third-order valence-corrected chi connectivity index (χ3v) is 3.74. The van der Waals surface area contributed by atoms with E-state index in [1.54, 1.807) is 0 Å². The molecule has 2 N–H and O–H groups in total. The van der Waals surface area contributed by atoms with Crippen LogP contribution < -0.4 is 5.73 Å². The standard InChI is InChI=1S/C13H19N/c1-2-12(14)13(9-6-10-13)11-7-4-3-5-8-11/h3-5,7-8,12H,2,6,9-10,14H2,1H3/t12-/m0/s1. The molecule has 0 amide bonds. The topological polar surface area (TPSA) is 26.0 Å². The van der Waals surface area contributed by atoms with E-state index < -0.39 is 0 Å². The van der Waals surface area contributed by atoms with E-state index >= 15 is 0 Å². The van der Waals surface area contributed by atoms with E-state index in [1.165, 1.54) is 24.8 Å². The SMILES string of the molecule is CC[C@H](N)C1(c2ccccc2)CCC1. The summed E-state index contributed by atoms with van der Waals surface area (Å²) in [5, 5.41) is 0. The zero-order chi connectivity index (χ0) is 10.0. The van der Waals surface area contributed by atoms with Crippen LogP contribution in [0.2, 0.25) is 0 Å². The van der Waals surface area contributed by atoms with Crippen LogP contribution in [-0.4, -0.2) is 6.04 Å². The van der Waals surface area contributed by atoms with Gasteiger partial charge in [0.15, 0.2) is 0 Å². The van der Waals surface area contributed by atoms with Crippen LogP contribution in [0.5, 0.6) is 0 Å². The Labute approximate surface area is 86.3 Å². The van der Waals surface area contributed by atoms with Crippen LogP contribution >= 0.6 is 0 Å². The lowest BCUT2D eigenvalue weighted by Crippen LogP contribution is -2.49. The molecule has 0 spiro atoms. The second-order valence-corrected chi connectivity index (χ2v) is 4.39. The minimum atomic E-state index is 0.302. The van der Waals surface area contributed by atoms with E-state index in [0.29, 0.717) is 11.5 Å². The van der Waals surface area contributed by atoms with Crippen molar-refractivity contribution in [3.05, 3.63) is 35.9 Å². The minimum absolute atomic E-state index is 0.302. The Hall–Kier alpha value is -0.820. The van der Waals surface area contributed by atoms with Gasteiger partial charge in [-0.15, -0.1) is 0 Å². The first-order chi connectivity index (χ1) is 6.79. The first-order valence-corrected chi connectivity index (χ1v) is 5.61. The maximum Gasteiger partial charge on any atom is 0.0134 e. The summed E-state index contributed by atoms with van der Waals surface area (Å²) in [6, 6.07) is 11.1. The number of rotatable bonds is 3. The van der Waals surface area contributed by atoms with Crippen LogP contribution in [0.3, 0.4) is 0 Å². The summed E-state index contributed by atoms with van der Waals surface area (Å²) < 4.78 is 0. The van der Waals surface area contributed by atoms with Gasteiger partial charge in [0, 0.05) is 11.5 Å². The van der Waals surface area contributed by atoms with Gasteiger partial charge >= 0.3 is 0 Å². The molecule has 14 heavy (non-hydrogen) atoms. The lowest BCUT2D eigenvalue weighted by molar-refractivity contribution is 0.192. The average molecular weight is 189 g/mol. The van der Waals surface area contributed by atoms with Gasteiger partial charge in [-0.3, -0.25) is 0 Å². The predicted octanol–water partition coefficient (Wildman–Crippen LogP) is 2.85. The van der Waals surface area contributed by atoms with Crippen molar-refractivity contribution in [3.63, 3.8) is 0 Å². The summed E-state index contributed by atoms with van der Waals surface area (Å²) in [5.41, 5.74) is 7.99. The summed E-state index contributed by atoms with van der Waals surface area (Å²) in [5.74, 6) is 0. The van der Waals surface area contributed by atoms with Crippen LogP contribution in [0.25, 0.3) is 0 Å². The van der Waals surface area contributed by atoms with Crippen molar-refractivity contribution in [2.45, 2.75) is 44.1 Å². The summed E-state index contributed by atoms with van der Waals surface area (Å²) in [7, 11) is 0. The van der Waals surface area contributed by atoms with E-state index in [1.807, 2.05) is 0 Å². The number of hydrogen-bond donors (Lipinski definition) is 1. The zero-order valence-corrected chi connectivity index (χ0v) is 8.87. The first kappa shape index (κ1) is 9.72. The van der Waals surface area contributed by atoms with Gasteiger partial charge in [0.1, 0.15) is 0 Å². The molecule has 1 aromatic carbocycles. The molecular formula is C13H19N. The molecule has 0 radical (unpaired) electrons. The maximum atomic E-state index is 6.25. The zero-order valence-electron chi connectivity index (χ0n) is 8.87. The van der Waals surface area contributed by atoms with E-state index in [4.69, 9.17) is 5.73 Å². The molecule has 1 aliphatic carbocycles. The molecule has 0 heterocycles. The monoisotopic (exact) mass is 189 g/mol. The molecule has 1 heteroatoms. The van der Waals surface area contributed by atoms with Crippen LogP contribution in [0, 0.1) is 0 Å². The Balaban J connectivity index is 2.29. The van der Waals surface area contributed by atoms with Gasteiger partial charge in [0.2, 0.25) is 0 Å². The van der Waals surface area contributed by atoms with E-state index in [9.17, 15) is 0 Å². The van der Waals surface area contributed by atoms with Crippen molar-refractivity contribution in [2.75, 3.05) is 0 Å². The molecule has 0 aromatic heterocycles. The highest BCUT2D eigenvalue weighted by molar-refractivity contribution is 5.30. The highest BCUT2D eigenvalue weighted by Gasteiger charge is 2.42. The van der Waals surface area contributed by atoms with Gasteiger partial charge in [-0.2, -0.15) is 0 Å². The molecule has 1 atom stereocenters. The first-order valence-electron chi connectivity index (χ1n) is 5.61. The third kappa shape index (κ3) is 1.36. The predicted molar refractivity (Wildman–Crippen MR) is 60.2 cm³/mol. The molecule has 76 valence electrons. The molecule has 0 unspecified atom stereocenters. The van der Waals surface area contributed by atoms with Crippen LogP contribution in [-0.2, 0) is 5.41 Å². The van der Waals surface area contributed by atoms with Gasteiger partial charge in [-0.25, -0.2) is 0 Å². The summed E-state index contributed by atoms with van der Waals surface area (Å²) >= 11 is 0. The summed E-state index contributed by atoms with van der Waals surface area (Å²) in [6.07, 6.45) is 4.95. The van der Waals surface area contributed by atoms with E-state index in [-0.39, 0.29) is 0 Å². The number of benzene rings is 1. The Morgan fingerprint density at radius 3 is 2.36 bits per heavy atom. The molecule has 1 aromatic rings. The van der Waals surface area contributed by atoms with Crippen LogP contribution in [0.1, 0.15) is 38.2 Å². The normalized spacial score (nSPS) is 21.3. The van der Waals surface area contributed by atoms with Gasteiger partial charge in [0.05, 0.1) is 0 Å². The van der Waals surface area contributed by atoms with Gasteiger partial charge in [-0.1, -0.05) is 43.7 Å². The van der Waals surface area contributed by atoms with Gasteiger partial charge in [0.25, 0.3) is 0 Å². The van der Waals surface area contributed by atoms with Crippen molar-refractivity contribution >= 4 is 0 Å². The van der Waals surface area contributed by atoms with Crippen molar-refractivity contribution in [3.8, 4) is 0 Å². The maximum absolute atomic E-state index is 6.25. The second kappa shape index (κ2) is 3.74. The second-order valence-electron chi connectivity index (χ2n) is 4.39. The molecular weight excluding hydrogens is 170 g/mol. The van der Waals surface area contributed by atoms with Gasteiger partial charge in [-0.05, 0) is 24.8 Å². The molecule has 1 aliphatic rings. The highest BCUT2D eigenvalue weighted by atomic mass is 14.7. The van der Waals surface area contributed by atoms with E-state index in [2.05, 4.69) is 37.3 Å². The quantitative estimate of drug-likeness (QED) is 0.777. The Bertz CT molecular complexity index is 287. The minimum Gasteiger partial charge on any atom is -0.327 e. The fourth-order valence-corrected chi connectivity index (χ4v) is 2.59. The third-order valence-electron chi connectivity index (χ3n) is 3.74. The number of hydrogen-bond acceptors (Lipinski definition) is 1. The molecule has 1 nitrogen and oxygen atoms in total. The van der Waals surface area contributed by atoms with Crippen molar-refractivity contribution in [1.29, 1.82) is 0 Å². The summed E-state index contributed by atoms with van der Waals surface area (Å²) in [6.45, 7) is 2.19. The van der Waals surface area contributed by atoms with Crippen LogP contribution in [0.15, 0.2) is 30.3 Å².